The van der Waals surface area contributed by atoms with Gasteiger partial charge in [0.05, 0.1) is 0 Å². The molecule has 2 N–H and O–H groups in total. The molecular weight excluding hydrogens is 250 g/mol. The highest BCUT2D eigenvalue weighted by Gasteiger charge is 2.18. The van der Waals surface area contributed by atoms with Gasteiger partial charge in [0.15, 0.2) is 0 Å². The van der Waals surface area contributed by atoms with Crippen LogP contribution in [0.1, 0.15) is 33.0 Å². The van der Waals surface area contributed by atoms with Crippen LogP contribution in [-0.2, 0) is 0 Å². The Bertz CT molecular complexity index is 415. The predicted octanol–water partition coefficient (Wildman–Crippen LogP) is 2.61. The molecule has 0 radical (unpaired) electrons. The minimum Gasteiger partial charge on any atom is -0.370 e. The van der Waals surface area contributed by atoms with Crippen LogP contribution in [0.5, 0.6) is 0 Å². The summed E-state index contributed by atoms with van der Waals surface area (Å²) in [7, 11) is 4.20. The molecule has 0 atom stereocenters. The van der Waals surface area contributed by atoms with Crippen LogP contribution in [0.4, 0.5) is 11.6 Å². The van der Waals surface area contributed by atoms with E-state index in [9.17, 15) is 0 Å². The second-order valence-corrected chi connectivity index (χ2v) is 6.37. The Balaban J connectivity index is 2.65. The van der Waals surface area contributed by atoms with Crippen LogP contribution >= 0.6 is 0 Å². The highest BCUT2D eigenvalue weighted by atomic mass is 15.1. The van der Waals surface area contributed by atoms with Gasteiger partial charge in [-0.25, -0.2) is 9.97 Å². The summed E-state index contributed by atoms with van der Waals surface area (Å²) in [5, 5.41) is 6.74. The molecule has 0 bridgehead atoms. The maximum Gasteiger partial charge on any atom is 0.131 e. The zero-order valence-electron chi connectivity index (χ0n) is 13.7. The number of aryl methyl sites for hydroxylation is 1. The maximum absolute atomic E-state index is 4.45. The highest BCUT2D eigenvalue weighted by molar-refractivity contribution is 5.47. The number of aromatic nitrogens is 2. The Kier molecular flexibility index (Phi) is 6.20. The summed E-state index contributed by atoms with van der Waals surface area (Å²) in [6.45, 7) is 11.4. The maximum atomic E-state index is 4.45. The Morgan fingerprint density at radius 1 is 1.15 bits per heavy atom. The van der Waals surface area contributed by atoms with Crippen LogP contribution in [0.3, 0.4) is 0 Å². The molecule has 0 saturated heterocycles. The average Bonchev–Trinajstić information content (AvgIpc) is 2.32. The van der Waals surface area contributed by atoms with Crippen LogP contribution in [0.15, 0.2) is 6.07 Å². The van der Waals surface area contributed by atoms with Gasteiger partial charge in [-0.05, 0) is 32.9 Å². The van der Waals surface area contributed by atoms with Crippen molar-refractivity contribution in [2.75, 3.05) is 44.4 Å². The molecule has 1 aromatic rings. The number of nitrogens with one attached hydrogen (secondary N) is 2. The van der Waals surface area contributed by atoms with E-state index in [0.717, 1.165) is 43.5 Å². The minimum atomic E-state index is 0.194. The van der Waals surface area contributed by atoms with Crippen LogP contribution < -0.4 is 10.6 Å². The van der Waals surface area contributed by atoms with Gasteiger partial charge in [-0.2, -0.15) is 0 Å². The predicted molar refractivity (Wildman–Crippen MR) is 86.4 cm³/mol. The van der Waals surface area contributed by atoms with E-state index in [1.807, 2.05) is 13.0 Å². The minimum absolute atomic E-state index is 0.194. The van der Waals surface area contributed by atoms with Crippen molar-refractivity contribution in [2.45, 2.75) is 34.1 Å². The summed E-state index contributed by atoms with van der Waals surface area (Å²) in [6, 6.07) is 1.98. The number of hydrogen-bond donors (Lipinski definition) is 2. The molecule has 0 unspecified atom stereocenters. The van der Waals surface area contributed by atoms with Gasteiger partial charge in [-0.3, -0.25) is 0 Å². The van der Waals surface area contributed by atoms with Crippen molar-refractivity contribution in [2.24, 2.45) is 5.41 Å². The first-order valence-electron chi connectivity index (χ1n) is 7.30. The summed E-state index contributed by atoms with van der Waals surface area (Å²) in [5.74, 6) is 2.58. The van der Waals surface area contributed by atoms with E-state index in [1.54, 1.807) is 0 Å². The van der Waals surface area contributed by atoms with Crippen molar-refractivity contribution in [3.05, 3.63) is 11.9 Å². The fourth-order valence-corrected chi connectivity index (χ4v) is 2.24. The van der Waals surface area contributed by atoms with Gasteiger partial charge in [0.25, 0.3) is 0 Å². The van der Waals surface area contributed by atoms with E-state index < -0.39 is 0 Å². The first-order valence-corrected chi connectivity index (χ1v) is 7.30. The smallest absolute Gasteiger partial charge is 0.131 e. The van der Waals surface area contributed by atoms with Crippen LogP contribution in [0.2, 0.25) is 0 Å². The molecule has 1 rings (SSSR count). The summed E-state index contributed by atoms with van der Waals surface area (Å²) in [4.78, 5) is 11.1. The summed E-state index contributed by atoms with van der Waals surface area (Å²) in [6.07, 6.45) is 1.08. The SMILES string of the molecule is CCCNc1cc(NCC(C)(C)CN(C)C)nc(C)n1. The van der Waals surface area contributed by atoms with Crippen molar-refractivity contribution in [3.8, 4) is 0 Å². The average molecular weight is 279 g/mol. The summed E-state index contributed by atoms with van der Waals surface area (Å²) >= 11 is 0. The van der Waals surface area contributed by atoms with Gasteiger partial charge in [-0.1, -0.05) is 20.8 Å². The fraction of sp³-hybridized carbons (Fsp3) is 0.733. The van der Waals surface area contributed by atoms with Crippen molar-refractivity contribution < 1.29 is 0 Å². The van der Waals surface area contributed by atoms with Crippen molar-refractivity contribution in [3.63, 3.8) is 0 Å². The van der Waals surface area contributed by atoms with E-state index in [1.165, 1.54) is 0 Å². The monoisotopic (exact) mass is 279 g/mol. The zero-order valence-corrected chi connectivity index (χ0v) is 13.7. The lowest BCUT2D eigenvalue weighted by Gasteiger charge is -2.28. The van der Waals surface area contributed by atoms with Crippen LogP contribution in [-0.4, -0.2) is 48.6 Å². The standard InChI is InChI=1S/C15H29N5/c1-7-8-16-13-9-14(19-12(2)18-13)17-10-15(3,4)11-20(5)6/h9H,7-8,10-11H2,1-6H3,(H2,16,17,18,19). The lowest BCUT2D eigenvalue weighted by molar-refractivity contribution is 0.254. The second-order valence-electron chi connectivity index (χ2n) is 6.37. The van der Waals surface area contributed by atoms with Gasteiger partial charge in [0.2, 0.25) is 0 Å². The number of hydrogen-bond acceptors (Lipinski definition) is 5. The molecule has 0 saturated carbocycles. The van der Waals surface area contributed by atoms with E-state index >= 15 is 0 Å². The quantitative estimate of drug-likeness (QED) is 0.766. The van der Waals surface area contributed by atoms with Gasteiger partial charge >= 0.3 is 0 Å². The lowest BCUT2D eigenvalue weighted by Crippen LogP contribution is -2.34. The van der Waals surface area contributed by atoms with Gasteiger partial charge in [-0.15, -0.1) is 0 Å². The molecule has 1 aromatic heterocycles. The molecule has 0 aliphatic carbocycles. The van der Waals surface area contributed by atoms with Crippen LogP contribution in [0, 0.1) is 12.3 Å². The Labute approximate surface area is 123 Å². The van der Waals surface area contributed by atoms with Gasteiger partial charge in [0.1, 0.15) is 17.5 Å². The van der Waals surface area contributed by atoms with E-state index in [2.05, 4.69) is 60.4 Å². The summed E-state index contributed by atoms with van der Waals surface area (Å²) < 4.78 is 0. The Morgan fingerprint density at radius 2 is 1.75 bits per heavy atom. The van der Waals surface area contributed by atoms with Crippen molar-refractivity contribution in [1.29, 1.82) is 0 Å². The second kappa shape index (κ2) is 7.43. The van der Waals surface area contributed by atoms with E-state index in [4.69, 9.17) is 0 Å². The molecule has 0 aliphatic heterocycles. The molecule has 0 fully saturated rings. The molecule has 1 heterocycles. The largest absolute Gasteiger partial charge is 0.370 e. The van der Waals surface area contributed by atoms with Crippen molar-refractivity contribution in [1.82, 2.24) is 14.9 Å². The Morgan fingerprint density at radius 3 is 2.30 bits per heavy atom. The molecule has 0 aliphatic rings. The first-order chi connectivity index (χ1) is 9.32. The third-order valence-corrected chi connectivity index (χ3v) is 2.89. The molecule has 0 aromatic carbocycles. The number of nitrogens with zero attached hydrogens (tertiary/aromatic N) is 3. The molecule has 20 heavy (non-hydrogen) atoms. The molecule has 114 valence electrons. The van der Waals surface area contributed by atoms with Crippen LogP contribution in [0.25, 0.3) is 0 Å². The first kappa shape index (κ1) is 16.7. The van der Waals surface area contributed by atoms with Gasteiger partial charge < -0.3 is 15.5 Å². The molecule has 0 spiro atoms. The molecule has 5 heteroatoms. The van der Waals surface area contributed by atoms with Crippen molar-refractivity contribution >= 4 is 11.6 Å². The molecular formula is C15H29N5. The molecule has 0 amide bonds. The number of anilines is 2. The fourth-order valence-electron chi connectivity index (χ4n) is 2.24. The third-order valence-electron chi connectivity index (χ3n) is 2.89. The normalized spacial score (nSPS) is 11.8. The lowest BCUT2D eigenvalue weighted by atomic mass is 9.93. The number of rotatable bonds is 8. The van der Waals surface area contributed by atoms with Gasteiger partial charge in [0, 0.05) is 25.7 Å². The topological polar surface area (TPSA) is 53.1 Å². The highest BCUT2D eigenvalue weighted by Crippen LogP contribution is 2.18. The third kappa shape index (κ3) is 6.19. The zero-order chi connectivity index (χ0) is 15.2. The Hall–Kier alpha value is -1.36. The van der Waals surface area contributed by atoms with E-state index in [-0.39, 0.29) is 5.41 Å². The molecule has 5 nitrogen and oxygen atoms in total. The summed E-state index contributed by atoms with van der Waals surface area (Å²) in [5.41, 5.74) is 0.194. The van der Waals surface area contributed by atoms with E-state index in [0.29, 0.717) is 0 Å².